The van der Waals surface area contributed by atoms with Crippen LogP contribution in [0, 0.1) is 13.8 Å². The molecular formula is C15H15ClN2O. The van der Waals surface area contributed by atoms with Crippen LogP contribution in [0.2, 0.25) is 5.02 Å². The van der Waals surface area contributed by atoms with Crippen LogP contribution in [-0.4, -0.2) is 5.91 Å². The fourth-order valence-corrected chi connectivity index (χ4v) is 1.95. The van der Waals surface area contributed by atoms with E-state index in [0.29, 0.717) is 11.3 Å². The van der Waals surface area contributed by atoms with E-state index in [9.17, 15) is 4.79 Å². The van der Waals surface area contributed by atoms with Gasteiger partial charge in [-0.15, -0.1) is 0 Å². The first kappa shape index (κ1) is 13.4. The van der Waals surface area contributed by atoms with Crippen molar-refractivity contribution in [3.8, 4) is 0 Å². The zero-order chi connectivity index (χ0) is 14.0. The summed E-state index contributed by atoms with van der Waals surface area (Å²) in [5.74, 6) is -0.263. The SMILES string of the molecule is Cc1ccc(NC(=O)c2cccc(N)c2Cl)cc1C. The summed E-state index contributed by atoms with van der Waals surface area (Å²) in [5.41, 5.74) is 9.50. The van der Waals surface area contributed by atoms with Crippen LogP contribution >= 0.6 is 11.6 Å². The number of nitrogen functional groups attached to an aromatic ring is 1. The van der Waals surface area contributed by atoms with Gasteiger partial charge < -0.3 is 11.1 Å². The van der Waals surface area contributed by atoms with E-state index in [4.69, 9.17) is 17.3 Å². The van der Waals surface area contributed by atoms with Gasteiger partial charge in [0.15, 0.2) is 0 Å². The van der Waals surface area contributed by atoms with Crippen LogP contribution in [0.15, 0.2) is 36.4 Å². The Hall–Kier alpha value is -2.00. The molecule has 0 unspecified atom stereocenters. The highest BCUT2D eigenvalue weighted by Crippen LogP contribution is 2.24. The maximum absolute atomic E-state index is 12.1. The Bertz CT molecular complexity index is 638. The molecule has 0 heterocycles. The molecule has 0 saturated carbocycles. The van der Waals surface area contributed by atoms with Crippen LogP contribution in [0.3, 0.4) is 0 Å². The van der Waals surface area contributed by atoms with Gasteiger partial charge in [-0.2, -0.15) is 0 Å². The molecule has 0 aliphatic heterocycles. The number of halogens is 1. The molecule has 0 spiro atoms. The fraction of sp³-hybridized carbons (Fsp3) is 0.133. The van der Waals surface area contributed by atoms with E-state index in [1.807, 2.05) is 32.0 Å². The van der Waals surface area contributed by atoms with Crippen molar-refractivity contribution >= 4 is 28.9 Å². The van der Waals surface area contributed by atoms with E-state index >= 15 is 0 Å². The minimum Gasteiger partial charge on any atom is -0.398 e. The van der Waals surface area contributed by atoms with Gasteiger partial charge >= 0.3 is 0 Å². The Labute approximate surface area is 117 Å². The van der Waals surface area contributed by atoms with Crippen LogP contribution in [0.1, 0.15) is 21.5 Å². The lowest BCUT2D eigenvalue weighted by Gasteiger charge is -2.09. The molecule has 1 amide bonds. The molecule has 2 aromatic rings. The molecule has 3 N–H and O–H groups in total. The zero-order valence-corrected chi connectivity index (χ0v) is 11.6. The maximum atomic E-state index is 12.1. The Kier molecular flexibility index (Phi) is 3.76. The first-order valence-corrected chi connectivity index (χ1v) is 6.29. The lowest BCUT2D eigenvalue weighted by Crippen LogP contribution is -2.13. The Morgan fingerprint density at radius 1 is 1.16 bits per heavy atom. The van der Waals surface area contributed by atoms with E-state index in [1.165, 1.54) is 5.56 Å². The molecule has 98 valence electrons. The number of hydrogen-bond acceptors (Lipinski definition) is 2. The van der Waals surface area contributed by atoms with Crippen molar-refractivity contribution in [2.45, 2.75) is 13.8 Å². The summed E-state index contributed by atoms with van der Waals surface area (Å²) in [6.45, 7) is 4.02. The molecule has 0 aliphatic carbocycles. The van der Waals surface area contributed by atoms with Gasteiger partial charge in [0.05, 0.1) is 16.3 Å². The van der Waals surface area contributed by atoms with Crippen LogP contribution < -0.4 is 11.1 Å². The van der Waals surface area contributed by atoms with Crippen LogP contribution in [-0.2, 0) is 0 Å². The van der Waals surface area contributed by atoms with Crippen molar-refractivity contribution in [1.82, 2.24) is 0 Å². The van der Waals surface area contributed by atoms with Gasteiger partial charge in [0.2, 0.25) is 0 Å². The van der Waals surface area contributed by atoms with Crippen LogP contribution in [0.5, 0.6) is 0 Å². The quantitative estimate of drug-likeness (QED) is 0.819. The molecular weight excluding hydrogens is 260 g/mol. The van der Waals surface area contributed by atoms with Gasteiger partial charge in [0, 0.05) is 5.69 Å². The predicted molar refractivity (Wildman–Crippen MR) is 79.7 cm³/mol. The smallest absolute Gasteiger partial charge is 0.257 e. The second-order valence-corrected chi connectivity index (χ2v) is 4.84. The second kappa shape index (κ2) is 5.33. The van der Waals surface area contributed by atoms with Crippen molar-refractivity contribution in [3.63, 3.8) is 0 Å². The van der Waals surface area contributed by atoms with Crippen molar-refractivity contribution < 1.29 is 4.79 Å². The van der Waals surface area contributed by atoms with Gasteiger partial charge in [-0.1, -0.05) is 23.7 Å². The molecule has 0 fully saturated rings. The summed E-state index contributed by atoms with van der Waals surface area (Å²) < 4.78 is 0. The molecule has 0 aliphatic rings. The van der Waals surface area contributed by atoms with E-state index < -0.39 is 0 Å². The van der Waals surface area contributed by atoms with Crippen LogP contribution in [0.4, 0.5) is 11.4 Å². The summed E-state index contributed by atoms with van der Waals surface area (Å²) in [7, 11) is 0. The number of carbonyl (C=O) groups is 1. The number of amides is 1. The molecule has 2 aromatic carbocycles. The monoisotopic (exact) mass is 274 g/mol. The third-order valence-electron chi connectivity index (χ3n) is 3.04. The summed E-state index contributed by atoms with van der Waals surface area (Å²) >= 11 is 6.02. The normalized spacial score (nSPS) is 10.3. The number of benzene rings is 2. The van der Waals surface area contributed by atoms with E-state index in [2.05, 4.69) is 5.32 Å². The largest absolute Gasteiger partial charge is 0.398 e. The van der Waals surface area contributed by atoms with Gasteiger partial charge in [-0.25, -0.2) is 0 Å². The Morgan fingerprint density at radius 2 is 1.89 bits per heavy atom. The van der Waals surface area contributed by atoms with Crippen LogP contribution in [0.25, 0.3) is 0 Å². The molecule has 0 aromatic heterocycles. The topological polar surface area (TPSA) is 55.1 Å². The first-order valence-electron chi connectivity index (χ1n) is 5.91. The van der Waals surface area contributed by atoms with Crippen molar-refractivity contribution in [1.29, 1.82) is 0 Å². The number of aryl methyl sites for hydroxylation is 2. The van der Waals surface area contributed by atoms with Crippen molar-refractivity contribution in [2.75, 3.05) is 11.1 Å². The average molecular weight is 275 g/mol. The van der Waals surface area contributed by atoms with Gasteiger partial charge in [-0.05, 0) is 49.2 Å². The van der Waals surface area contributed by atoms with Crippen molar-refractivity contribution in [3.05, 3.63) is 58.1 Å². The molecule has 4 heteroatoms. The number of nitrogens with one attached hydrogen (secondary N) is 1. The highest BCUT2D eigenvalue weighted by Gasteiger charge is 2.12. The maximum Gasteiger partial charge on any atom is 0.257 e. The molecule has 0 saturated heterocycles. The summed E-state index contributed by atoms with van der Waals surface area (Å²) in [6.07, 6.45) is 0. The number of nitrogens with two attached hydrogens (primary N) is 1. The fourth-order valence-electron chi connectivity index (χ4n) is 1.74. The predicted octanol–water partition coefficient (Wildman–Crippen LogP) is 3.79. The summed E-state index contributed by atoms with van der Waals surface area (Å²) in [5, 5.41) is 3.10. The number of rotatable bonds is 2. The van der Waals surface area contributed by atoms with Gasteiger partial charge in [0.1, 0.15) is 0 Å². The molecule has 19 heavy (non-hydrogen) atoms. The zero-order valence-electron chi connectivity index (χ0n) is 10.8. The van der Waals surface area contributed by atoms with Gasteiger partial charge in [-0.3, -0.25) is 4.79 Å². The molecule has 3 nitrogen and oxygen atoms in total. The Morgan fingerprint density at radius 3 is 2.58 bits per heavy atom. The standard InChI is InChI=1S/C15H15ClN2O/c1-9-6-7-11(8-10(9)2)18-15(19)12-4-3-5-13(17)14(12)16/h3-8H,17H2,1-2H3,(H,18,19). The van der Waals surface area contributed by atoms with E-state index in [-0.39, 0.29) is 10.9 Å². The number of carbonyl (C=O) groups excluding carboxylic acids is 1. The van der Waals surface area contributed by atoms with Gasteiger partial charge in [0.25, 0.3) is 5.91 Å². The molecule has 0 atom stereocenters. The third kappa shape index (κ3) is 2.88. The highest BCUT2D eigenvalue weighted by atomic mass is 35.5. The lowest BCUT2D eigenvalue weighted by atomic mass is 10.1. The average Bonchev–Trinajstić information content (AvgIpc) is 2.37. The first-order chi connectivity index (χ1) is 8.99. The minimum atomic E-state index is -0.263. The summed E-state index contributed by atoms with van der Waals surface area (Å²) in [6, 6.07) is 10.8. The highest BCUT2D eigenvalue weighted by molar-refractivity contribution is 6.36. The van der Waals surface area contributed by atoms with E-state index in [1.54, 1.807) is 18.2 Å². The molecule has 0 bridgehead atoms. The van der Waals surface area contributed by atoms with E-state index in [0.717, 1.165) is 11.3 Å². The summed E-state index contributed by atoms with van der Waals surface area (Å²) in [4.78, 5) is 12.1. The molecule has 2 rings (SSSR count). The minimum absolute atomic E-state index is 0.263. The number of hydrogen-bond donors (Lipinski definition) is 2. The lowest BCUT2D eigenvalue weighted by molar-refractivity contribution is 0.102. The molecule has 0 radical (unpaired) electrons. The Balaban J connectivity index is 2.26. The third-order valence-corrected chi connectivity index (χ3v) is 3.46. The van der Waals surface area contributed by atoms with Crippen molar-refractivity contribution in [2.24, 2.45) is 0 Å². The second-order valence-electron chi connectivity index (χ2n) is 4.46. The number of anilines is 2.